The van der Waals surface area contributed by atoms with Gasteiger partial charge in [-0.05, 0) is 38.3 Å². The number of likely N-dealkylation sites (tertiary alicyclic amines) is 1. The van der Waals surface area contributed by atoms with Crippen LogP contribution in [0.25, 0.3) is 0 Å². The maximum atomic E-state index is 11.1. The molecule has 1 rings (SSSR count). The van der Waals surface area contributed by atoms with Crippen molar-refractivity contribution in [2.75, 3.05) is 33.3 Å². The molecule has 4 heteroatoms. The first-order valence-electron chi connectivity index (χ1n) is 5.25. The lowest BCUT2D eigenvalue weighted by atomic mass is 9.95. The van der Waals surface area contributed by atoms with Gasteiger partial charge in [0.15, 0.2) is 0 Å². The standard InChI is InChI=1S/C10H20N2O2/c1-14-10(13)8-12-6-2-3-9(7-12)4-5-11/h9H,2-8,11H2,1H3. The summed E-state index contributed by atoms with van der Waals surface area (Å²) in [7, 11) is 1.43. The third-order valence-electron chi connectivity index (χ3n) is 2.76. The van der Waals surface area contributed by atoms with E-state index in [1.165, 1.54) is 20.0 Å². The van der Waals surface area contributed by atoms with E-state index in [1.807, 2.05) is 0 Å². The van der Waals surface area contributed by atoms with Crippen molar-refractivity contribution in [1.29, 1.82) is 0 Å². The average Bonchev–Trinajstić information content (AvgIpc) is 2.19. The lowest BCUT2D eigenvalue weighted by Crippen LogP contribution is -2.39. The number of nitrogens with zero attached hydrogens (tertiary/aromatic N) is 1. The Kier molecular flexibility index (Phi) is 4.90. The van der Waals surface area contributed by atoms with E-state index in [1.54, 1.807) is 0 Å². The Balaban J connectivity index is 2.28. The number of hydrogen-bond acceptors (Lipinski definition) is 4. The average molecular weight is 200 g/mol. The van der Waals surface area contributed by atoms with Gasteiger partial charge in [-0.2, -0.15) is 0 Å². The van der Waals surface area contributed by atoms with Crippen LogP contribution in [-0.2, 0) is 9.53 Å². The number of carbonyl (C=O) groups excluding carboxylic acids is 1. The van der Waals surface area contributed by atoms with Crippen LogP contribution in [0, 0.1) is 5.92 Å². The number of methoxy groups -OCH3 is 1. The molecule has 82 valence electrons. The smallest absolute Gasteiger partial charge is 0.319 e. The molecule has 4 nitrogen and oxygen atoms in total. The van der Waals surface area contributed by atoms with Crippen LogP contribution in [0.4, 0.5) is 0 Å². The highest BCUT2D eigenvalue weighted by Gasteiger charge is 2.20. The quantitative estimate of drug-likeness (QED) is 0.660. The van der Waals surface area contributed by atoms with Crippen LogP contribution < -0.4 is 5.73 Å². The van der Waals surface area contributed by atoms with Crippen LogP contribution in [0.3, 0.4) is 0 Å². The van der Waals surface area contributed by atoms with Gasteiger partial charge in [0.2, 0.25) is 0 Å². The molecule has 0 bridgehead atoms. The van der Waals surface area contributed by atoms with Gasteiger partial charge in [0.25, 0.3) is 0 Å². The second-order valence-corrected chi connectivity index (χ2v) is 3.90. The highest BCUT2D eigenvalue weighted by atomic mass is 16.5. The number of ether oxygens (including phenoxy) is 1. The molecule has 0 saturated carbocycles. The van der Waals surface area contributed by atoms with Gasteiger partial charge in [0, 0.05) is 6.54 Å². The molecule has 0 aromatic rings. The molecule has 1 aliphatic rings. The molecule has 0 aromatic carbocycles. The van der Waals surface area contributed by atoms with Gasteiger partial charge >= 0.3 is 5.97 Å². The van der Waals surface area contributed by atoms with Crippen LogP contribution in [0.15, 0.2) is 0 Å². The van der Waals surface area contributed by atoms with E-state index >= 15 is 0 Å². The summed E-state index contributed by atoms with van der Waals surface area (Å²) in [5.41, 5.74) is 5.52. The van der Waals surface area contributed by atoms with Crippen LogP contribution in [-0.4, -0.2) is 44.2 Å². The second-order valence-electron chi connectivity index (χ2n) is 3.90. The van der Waals surface area contributed by atoms with Crippen LogP contribution >= 0.6 is 0 Å². The lowest BCUT2D eigenvalue weighted by Gasteiger charge is -2.31. The largest absolute Gasteiger partial charge is 0.468 e. The normalized spacial score (nSPS) is 23.4. The minimum Gasteiger partial charge on any atom is -0.468 e. The summed E-state index contributed by atoms with van der Waals surface area (Å²) in [6, 6.07) is 0. The van der Waals surface area contributed by atoms with E-state index in [2.05, 4.69) is 9.64 Å². The van der Waals surface area contributed by atoms with Crippen molar-refractivity contribution >= 4 is 5.97 Å². The topological polar surface area (TPSA) is 55.6 Å². The fourth-order valence-electron chi connectivity index (χ4n) is 2.01. The lowest BCUT2D eigenvalue weighted by molar-refractivity contribution is -0.142. The molecule has 1 heterocycles. The Labute approximate surface area is 85.4 Å². The minimum absolute atomic E-state index is 0.140. The van der Waals surface area contributed by atoms with Crippen molar-refractivity contribution in [2.45, 2.75) is 19.3 Å². The number of carbonyl (C=O) groups is 1. The fourth-order valence-corrected chi connectivity index (χ4v) is 2.01. The maximum absolute atomic E-state index is 11.1. The zero-order valence-corrected chi connectivity index (χ0v) is 8.87. The van der Waals surface area contributed by atoms with Crippen LogP contribution in [0.5, 0.6) is 0 Å². The Bertz CT molecular complexity index is 183. The van der Waals surface area contributed by atoms with Gasteiger partial charge in [-0.1, -0.05) is 0 Å². The van der Waals surface area contributed by atoms with E-state index in [0.29, 0.717) is 12.5 Å². The molecular weight excluding hydrogens is 180 g/mol. The SMILES string of the molecule is COC(=O)CN1CCCC(CCN)C1. The number of esters is 1. The molecule has 0 radical (unpaired) electrons. The Morgan fingerprint density at radius 1 is 1.64 bits per heavy atom. The van der Waals surface area contributed by atoms with Gasteiger partial charge in [0.1, 0.15) is 0 Å². The number of hydrogen-bond donors (Lipinski definition) is 1. The summed E-state index contributed by atoms with van der Waals surface area (Å²) >= 11 is 0. The predicted molar refractivity (Wildman–Crippen MR) is 54.9 cm³/mol. The Hall–Kier alpha value is -0.610. The predicted octanol–water partition coefficient (Wildman–Crippen LogP) is 0.220. The summed E-state index contributed by atoms with van der Waals surface area (Å²) in [5, 5.41) is 0. The van der Waals surface area contributed by atoms with E-state index in [9.17, 15) is 4.79 Å². The Morgan fingerprint density at radius 2 is 2.43 bits per heavy atom. The molecule has 0 aliphatic carbocycles. The molecule has 1 atom stereocenters. The minimum atomic E-state index is -0.140. The highest BCUT2D eigenvalue weighted by Crippen LogP contribution is 2.18. The number of piperidine rings is 1. The van der Waals surface area contributed by atoms with Crippen molar-refractivity contribution in [2.24, 2.45) is 11.7 Å². The van der Waals surface area contributed by atoms with Gasteiger partial charge < -0.3 is 10.5 Å². The van der Waals surface area contributed by atoms with Crippen molar-refractivity contribution < 1.29 is 9.53 Å². The van der Waals surface area contributed by atoms with Crippen molar-refractivity contribution in [3.63, 3.8) is 0 Å². The summed E-state index contributed by atoms with van der Waals surface area (Å²) in [6.45, 7) is 3.18. The first kappa shape index (κ1) is 11.5. The second kappa shape index (κ2) is 5.98. The van der Waals surface area contributed by atoms with E-state index in [-0.39, 0.29) is 5.97 Å². The first-order chi connectivity index (χ1) is 6.76. The van der Waals surface area contributed by atoms with Crippen molar-refractivity contribution in [3.8, 4) is 0 Å². The monoisotopic (exact) mass is 200 g/mol. The number of rotatable bonds is 4. The highest BCUT2D eigenvalue weighted by molar-refractivity contribution is 5.71. The summed E-state index contributed by atoms with van der Waals surface area (Å²) in [4.78, 5) is 13.2. The third kappa shape index (κ3) is 3.64. The number of nitrogens with two attached hydrogens (primary N) is 1. The third-order valence-corrected chi connectivity index (χ3v) is 2.76. The zero-order valence-electron chi connectivity index (χ0n) is 8.87. The molecule has 1 unspecified atom stereocenters. The van der Waals surface area contributed by atoms with Gasteiger partial charge in [0.05, 0.1) is 13.7 Å². The summed E-state index contributed by atoms with van der Waals surface area (Å²) in [6.07, 6.45) is 3.48. The van der Waals surface area contributed by atoms with Gasteiger partial charge in [-0.3, -0.25) is 9.69 Å². The van der Waals surface area contributed by atoms with E-state index in [4.69, 9.17) is 5.73 Å². The molecule has 0 aromatic heterocycles. The molecule has 2 N–H and O–H groups in total. The molecular formula is C10H20N2O2. The maximum Gasteiger partial charge on any atom is 0.319 e. The molecule has 0 amide bonds. The van der Waals surface area contributed by atoms with E-state index < -0.39 is 0 Å². The Morgan fingerprint density at radius 3 is 3.07 bits per heavy atom. The van der Waals surface area contributed by atoms with E-state index in [0.717, 1.165) is 26.1 Å². The molecule has 1 aliphatic heterocycles. The first-order valence-corrected chi connectivity index (χ1v) is 5.25. The molecule has 1 saturated heterocycles. The van der Waals surface area contributed by atoms with Crippen molar-refractivity contribution in [1.82, 2.24) is 4.90 Å². The molecule has 1 fully saturated rings. The fraction of sp³-hybridized carbons (Fsp3) is 0.900. The van der Waals surface area contributed by atoms with Crippen LogP contribution in [0.1, 0.15) is 19.3 Å². The van der Waals surface area contributed by atoms with Crippen molar-refractivity contribution in [3.05, 3.63) is 0 Å². The summed E-state index contributed by atoms with van der Waals surface area (Å²) in [5.74, 6) is 0.525. The summed E-state index contributed by atoms with van der Waals surface area (Å²) < 4.78 is 4.64. The van der Waals surface area contributed by atoms with Gasteiger partial charge in [-0.25, -0.2) is 0 Å². The zero-order chi connectivity index (χ0) is 10.4. The van der Waals surface area contributed by atoms with Gasteiger partial charge in [-0.15, -0.1) is 0 Å². The molecule has 0 spiro atoms. The molecule has 14 heavy (non-hydrogen) atoms. The van der Waals surface area contributed by atoms with Crippen LogP contribution in [0.2, 0.25) is 0 Å².